The molecule has 0 radical (unpaired) electrons. The van der Waals surface area contributed by atoms with Crippen molar-refractivity contribution in [2.75, 3.05) is 0 Å². The van der Waals surface area contributed by atoms with Crippen molar-refractivity contribution in [1.29, 1.82) is 0 Å². The molecular formula is C2H3N2S3+. The summed E-state index contributed by atoms with van der Waals surface area (Å²) in [5.41, 5.74) is 0. The minimum Gasteiger partial charge on any atom is -0.108 e. The van der Waals surface area contributed by atoms with E-state index in [-0.39, 0.29) is 0 Å². The standard InChI is InChI=1S/C2H2N2S3/c5-2-1-3-4(6)7-2/h1,6H/p+1. The number of H-pyrrole nitrogens is 1. The Kier molecular flexibility index (Phi) is 1.46. The van der Waals surface area contributed by atoms with Crippen LogP contribution in [0.15, 0.2) is 6.20 Å². The molecule has 1 N–H and O–H groups in total. The first-order valence-electron chi connectivity index (χ1n) is 1.59. The molecule has 0 amide bonds. The normalized spacial score (nSPS) is 9.29. The van der Waals surface area contributed by atoms with Crippen LogP contribution in [0.2, 0.25) is 0 Å². The Morgan fingerprint density at radius 2 is 2.71 bits per heavy atom. The highest BCUT2D eigenvalue weighted by molar-refractivity contribution is 7.81. The van der Waals surface area contributed by atoms with Crippen LogP contribution in [0.25, 0.3) is 0 Å². The maximum Gasteiger partial charge on any atom is 0.223 e. The van der Waals surface area contributed by atoms with Crippen molar-refractivity contribution in [3.8, 4) is 0 Å². The second kappa shape index (κ2) is 1.94. The Bertz CT molecular complexity index is 199. The van der Waals surface area contributed by atoms with Gasteiger partial charge in [-0.25, -0.2) is 0 Å². The Hall–Kier alpha value is 0.130. The molecule has 0 aliphatic heterocycles. The van der Waals surface area contributed by atoms with Crippen LogP contribution < -0.4 is 5.10 Å². The summed E-state index contributed by atoms with van der Waals surface area (Å²) in [6.45, 7) is 0. The zero-order valence-corrected chi connectivity index (χ0v) is 5.82. The van der Waals surface area contributed by atoms with Crippen molar-refractivity contribution in [2.24, 2.45) is 0 Å². The molecule has 0 saturated carbocycles. The lowest BCUT2D eigenvalue weighted by Gasteiger charge is -1.65. The van der Waals surface area contributed by atoms with Gasteiger partial charge in [0.05, 0.1) is 0 Å². The van der Waals surface area contributed by atoms with Gasteiger partial charge in [-0.1, -0.05) is 12.2 Å². The molecule has 0 aromatic carbocycles. The minimum atomic E-state index is 0.815. The summed E-state index contributed by atoms with van der Waals surface area (Å²) in [4.78, 5) is 0. The summed E-state index contributed by atoms with van der Waals surface area (Å²) >= 11 is 10.1. The van der Waals surface area contributed by atoms with E-state index < -0.39 is 0 Å². The highest BCUT2D eigenvalue weighted by Gasteiger charge is 1.87. The Labute approximate surface area is 55.5 Å². The maximum atomic E-state index is 4.75. The topological polar surface area (TPSA) is 19.1 Å². The zero-order valence-electron chi connectivity index (χ0n) is 3.29. The summed E-state index contributed by atoms with van der Waals surface area (Å²) < 4.78 is 2.36. The summed E-state index contributed by atoms with van der Waals surface area (Å²) in [7, 11) is 0. The van der Waals surface area contributed by atoms with E-state index in [0.717, 1.165) is 3.82 Å². The number of rotatable bonds is 0. The summed E-state index contributed by atoms with van der Waals surface area (Å²) in [5.74, 6) is 0. The molecule has 1 aromatic heterocycles. The summed E-state index contributed by atoms with van der Waals surface area (Å²) in [5, 5.41) is 2.76. The highest BCUT2D eigenvalue weighted by Crippen LogP contribution is 1.94. The fraction of sp³-hybridized carbons (Fsp3) is 0. The maximum absolute atomic E-state index is 4.75. The molecular weight excluding hydrogens is 148 g/mol. The average molecular weight is 151 g/mol. The molecule has 1 rings (SSSR count). The first-order valence-corrected chi connectivity index (χ1v) is 3.17. The first-order chi connectivity index (χ1) is 3.29. The van der Waals surface area contributed by atoms with Gasteiger partial charge in [-0.2, -0.15) is 0 Å². The molecule has 38 valence electrons. The van der Waals surface area contributed by atoms with E-state index in [1.807, 2.05) is 0 Å². The lowest BCUT2D eigenvalue weighted by atomic mass is 11.0. The predicted molar refractivity (Wildman–Crippen MR) is 34.1 cm³/mol. The van der Waals surface area contributed by atoms with Crippen LogP contribution in [0, 0.1) is 3.82 Å². The van der Waals surface area contributed by atoms with Gasteiger partial charge >= 0.3 is 0 Å². The Morgan fingerprint density at radius 1 is 2.00 bits per heavy atom. The van der Waals surface area contributed by atoms with Crippen LogP contribution >= 0.6 is 36.6 Å². The van der Waals surface area contributed by atoms with Crippen molar-refractivity contribution >= 4 is 36.6 Å². The van der Waals surface area contributed by atoms with Gasteiger partial charge in [0.2, 0.25) is 6.20 Å². The van der Waals surface area contributed by atoms with E-state index in [1.54, 1.807) is 9.67 Å². The van der Waals surface area contributed by atoms with Gasteiger partial charge in [-0.05, 0) is 3.48 Å². The fourth-order valence-electron chi connectivity index (χ4n) is 0.246. The van der Waals surface area contributed by atoms with Gasteiger partial charge < -0.3 is 0 Å². The molecule has 0 unspecified atom stereocenters. The SMILES string of the molecule is S=c1c[nH+]n(S)s1. The van der Waals surface area contributed by atoms with Crippen molar-refractivity contribution in [3.05, 3.63) is 10.0 Å². The molecule has 0 bridgehead atoms. The lowest BCUT2D eigenvalue weighted by Crippen LogP contribution is -2.04. The van der Waals surface area contributed by atoms with Crippen LogP contribution in [0.1, 0.15) is 0 Å². The average Bonchev–Trinajstić information content (AvgIpc) is 1.87. The second-order valence-corrected chi connectivity index (χ2v) is 3.31. The highest BCUT2D eigenvalue weighted by atomic mass is 32.2. The molecule has 0 aliphatic carbocycles. The predicted octanol–water partition coefficient (Wildman–Crippen LogP) is 0.786. The molecule has 5 heteroatoms. The minimum absolute atomic E-state index is 0.815. The Morgan fingerprint density at radius 3 is 2.86 bits per heavy atom. The van der Waals surface area contributed by atoms with E-state index >= 15 is 0 Å². The van der Waals surface area contributed by atoms with Crippen LogP contribution in [-0.2, 0) is 0 Å². The molecule has 1 heterocycles. The molecule has 0 spiro atoms. The molecule has 0 atom stereocenters. The third-order valence-electron chi connectivity index (χ3n) is 0.469. The Balaban J connectivity index is 3.30. The van der Waals surface area contributed by atoms with Gasteiger partial charge in [0.25, 0.3) is 0 Å². The third-order valence-corrected chi connectivity index (χ3v) is 1.75. The van der Waals surface area contributed by atoms with Gasteiger partial charge in [0, 0.05) is 24.3 Å². The van der Waals surface area contributed by atoms with Crippen molar-refractivity contribution in [1.82, 2.24) is 3.48 Å². The van der Waals surface area contributed by atoms with E-state index in [1.165, 1.54) is 11.5 Å². The van der Waals surface area contributed by atoms with E-state index in [9.17, 15) is 0 Å². The zero-order chi connectivity index (χ0) is 5.28. The number of hydrogen-bond donors (Lipinski definition) is 1. The van der Waals surface area contributed by atoms with Gasteiger partial charge in [-0.15, -0.1) is 5.10 Å². The first kappa shape index (κ1) is 5.27. The van der Waals surface area contributed by atoms with E-state index in [2.05, 4.69) is 17.9 Å². The fourth-order valence-corrected chi connectivity index (χ4v) is 1.39. The van der Waals surface area contributed by atoms with Gasteiger partial charge in [0.1, 0.15) is 0 Å². The molecule has 2 nitrogen and oxygen atoms in total. The monoisotopic (exact) mass is 151 g/mol. The number of thiol groups is 1. The second-order valence-electron chi connectivity index (χ2n) is 0.957. The van der Waals surface area contributed by atoms with Crippen molar-refractivity contribution in [3.63, 3.8) is 0 Å². The lowest BCUT2D eigenvalue weighted by molar-refractivity contribution is -0.454. The van der Waals surface area contributed by atoms with E-state index in [4.69, 9.17) is 12.2 Å². The van der Waals surface area contributed by atoms with Crippen LogP contribution in [0.4, 0.5) is 0 Å². The number of nitrogens with zero attached hydrogens (tertiary/aromatic N) is 1. The van der Waals surface area contributed by atoms with Crippen LogP contribution in [0.3, 0.4) is 0 Å². The van der Waals surface area contributed by atoms with Gasteiger partial charge in [-0.3, -0.25) is 0 Å². The van der Waals surface area contributed by atoms with Crippen molar-refractivity contribution < 1.29 is 5.10 Å². The largest absolute Gasteiger partial charge is 0.223 e. The quantitative estimate of drug-likeness (QED) is 0.429. The number of hydrogen-bond acceptors (Lipinski definition) is 3. The molecule has 7 heavy (non-hydrogen) atoms. The van der Waals surface area contributed by atoms with Gasteiger partial charge in [0.15, 0.2) is 3.82 Å². The van der Waals surface area contributed by atoms with Crippen LogP contribution in [-0.4, -0.2) is 3.48 Å². The molecule has 0 aliphatic rings. The number of aromatic nitrogens is 2. The molecule has 0 fully saturated rings. The molecule has 1 aromatic rings. The van der Waals surface area contributed by atoms with E-state index in [0.29, 0.717) is 0 Å². The third kappa shape index (κ3) is 1.25. The summed E-state index contributed by atoms with van der Waals surface area (Å²) in [6.07, 6.45) is 1.72. The van der Waals surface area contributed by atoms with Crippen LogP contribution in [0.5, 0.6) is 0 Å². The van der Waals surface area contributed by atoms with Crippen molar-refractivity contribution in [2.45, 2.75) is 0 Å². The smallest absolute Gasteiger partial charge is 0.108 e. The summed E-state index contributed by atoms with van der Waals surface area (Å²) in [6, 6.07) is 0. The number of nitrogens with one attached hydrogen (secondary N) is 1. The molecule has 0 saturated heterocycles. The number of aromatic amines is 1.